The Morgan fingerprint density at radius 3 is 2.59 bits per heavy atom. The van der Waals surface area contributed by atoms with Gasteiger partial charge in [-0.05, 0) is 55.0 Å². The zero-order chi connectivity index (χ0) is 15.7. The Labute approximate surface area is 132 Å². The topological polar surface area (TPSA) is 52.6 Å². The normalized spacial score (nSPS) is 15.8. The van der Waals surface area contributed by atoms with Crippen LogP contribution in [-0.2, 0) is 11.2 Å². The third-order valence-electron chi connectivity index (χ3n) is 3.44. The standard InChI is InChI=1S/C17H13ClO4/c1-10(19)11-2-5-14(6-3-11)21-17(20)16-9-12-8-13(18)4-7-15(12)22-16/h2-8,16H,9H2,1H3/t16-/m1/s1. The van der Waals surface area contributed by atoms with E-state index in [1.54, 1.807) is 42.5 Å². The quantitative estimate of drug-likeness (QED) is 0.494. The molecule has 1 heterocycles. The van der Waals surface area contributed by atoms with Crippen molar-refractivity contribution in [2.75, 3.05) is 0 Å². The second kappa shape index (κ2) is 5.81. The number of benzene rings is 2. The summed E-state index contributed by atoms with van der Waals surface area (Å²) in [5, 5.41) is 0.608. The number of fused-ring (bicyclic) bond motifs is 1. The van der Waals surface area contributed by atoms with E-state index in [4.69, 9.17) is 21.1 Å². The first-order valence-corrected chi connectivity index (χ1v) is 7.18. The highest BCUT2D eigenvalue weighted by Crippen LogP contribution is 2.31. The van der Waals surface area contributed by atoms with Crippen molar-refractivity contribution >= 4 is 23.4 Å². The van der Waals surface area contributed by atoms with Crippen molar-refractivity contribution in [2.24, 2.45) is 0 Å². The van der Waals surface area contributed by atoms with E-state index in [2.05, 4.69) is 0 Å². The maximum atomic E-state index is 12.1. The van der Waals surface area contributed by atoms with Gasteiger partial charge in [-0.15, -0.1) is 0 Å². The molecule has 0 unspecified atom stereocenters. The van der Waals surface area contributed by atoms with Crippen LogP contribution in [0.3, 0.4) is 0 Å². The fraction of sp³-hybridized carbons (Fsp3) is 0.176. The highest BCUT2D eigenvalue weighted by atomic mass is 35.5. The number of carbonyl (C=O) groups is 2. The molecule has 0 radical (unpaired) electrons. The van der Waals surface area contributed by atoms with Gasteiger partial charge in [0.05, 0.1) is 0 Å². The maximum Gasteiger partial charge on any atom is 0.353 e. The van der Waals surface area contributed by atoms with E-state index in [1.165, 1.54) is 6.92 Å². The summed E-state index contributed by atoms with van der Waals surface area (Å²) in [6, 6.07) is 11.7. The van der Waals surface area contributed by atoms with Crippen LogP contribution >= 0.6 is 11.6 Å². The number of ether oxygens (including phenoxy) is 2. The summed E-state index contributed by atoms with van der Waals surface area (Å²) >= 11 is 5.92. The molecule has 0 aromatic heterocycles. The molecule has 5 heteroatoms. The summed E-state index contributed by atoms with van der Waals surface area (Å²) in [4.78, 5) is 23.3. The number of carbonyl (C=O) groups excluding carboxylic acids is 2. The van der Waals surface area contributed by atoms with E-state index < -0.39 is 12.1 Å². The molecule has 3 rings (SSSR count). The Morgan fingerprint density at radius 2 is 1.91 bits per heavy atom. The van der Waals surface area contributed by atoms with Crippen molar-refractivity contribution in [1.29, 1.82) is 0 Å². The van der Waals surface area contributed by atoms with Crippen molar-refractivity contribution in [1.82, 2.24) is 0 Å². The van der Waals surface area contributed by atoms with Gasteiger partial charge < -0.3 is 9.47 Å². The first-order chi connectivity index (χ1) is 10.5. The number of hydrogen-bond donors (Lipinski definition) is 0. The lowest BCUT2D eigenvalue weighted by molar-refractivity contribution is -0.141. The number of Topliss-reactive ketones (excluding diaryl/α,β-unsaturated/α-hetero) is 1. The summed E-state index contributed by atoms with van der Waals surface area (Å²) in [7, 11) is 0. The van der Waals surface area contributed by atoms with Gasteiger partial charge >= 0.3 is 5.97 Å². The molecule has 2 aromatic carbocycles. The summed E-state index contributed by atoms with van der Waals surface area (Å²) in [6.07, 6.45) is -0.249. The van der Waals surface area contributed by atoms with Gasteiger partial charge in [-0.3, -0.25) is 4.79 Å². The number of halogens is 1. The first-order valence-electron chi connectivity index (χ1n) is 6.81. The van der Waals surface area contributed by atoms with Crippen molar-refractivity contribution < 1.29 is 19.1 Å². The molecule has 1 aliphatic heterocycles. The average Bonchev–Trinajstić information content (AvgIpc) is 2.91. The molecular weight excluding hydrogens is 304 g/mol. The van der Waals surface area contributed by atoms with Crippen LogP contribution in [0, 0.1) is 0 Å². The molecule has 112 valence electrons. The zero-order valence-corrected chi connectivity index (χ0v) is 12.6. The summed E-state index contributed by atoms with van der Waals surface area (Å²) < 4.78 is 10.9. The predicted molar refractivity (Wildman–Crippen MR) is 81.7 cm³/mol. The van der Waals surface area contributed by atoms with Crippen LogP contribution in [0.1, 0.15) is 22.8 Å². The van der Waals surface area contributed by atoms with Gasteiger partial charge in [-0.25, -0.2) is 4.79 Å². The lowest BCUT2D eigenvalue weighted by Crippen LogP contribution is -2.29. The lowest BCUT2D eigenvalue weighted by atomic mass is 10.1. The average molecular weight is 317 g/mol. The fourth-order valence-electron chi connectivity index (χ4n) is 2.29. The molecule has 0 spiro atoms. The minimum atomic E-state index is -0.680. The second-order valence-electron chi connectivity index (χ2n) is 5.06. The summed E-state index contributed by atoms with van der Waals surface area (Å²) in [6.45, 7) is 1.48. The van der Waals surface area contributed by atoms with Crippen LogP contribution in [0.5, 0.6) is 11.5 Å². The number of esters is 1. The Kier molecular flexibility index (Phi) is 3.86. The van der Waals surface area contributed by atoms with Crippen LogP contribution in [0.25, 0.3) is 0 Å². The third-order valence-corrected chi connectivity index (χ3v) is 3.67. The van der Waals surface area contributed by atoms with Crippen molar-refractivity contribution in [3.63, 3.8) is 0 Å². The maximum absolute atomic E-state index is 12.1. The molecule has 0 N–H and O–H groups in total. The number of rotatable bonds is 3. The minimum absolute atomic E-state index is 0.0377. The summed E-state index contributed by atoms with van der Waals surface area (Å²) in [5.74, 6) is 0.526. The van der Waals surface area contributed by atoms with Gasteiger partial charge in [0.15, 0.2) is 11.9 Å². The Morgan fingerprint density at radius 1 is 1.18 bits per heavy atom. The van der Waals surface area contributed by atoms with E-state index in [-0.39, 0.29) is 5.78 Å². The first kappa shape index (κ1) is 14.6. The van der Waals surface area contributed by atoms with Gasteiger partial charge in [-0.1, -0.05) is 11.6 Å². The van der Waals surface area contributed by atoms with E-state index in [0.717, 1.165) is 5.56 Å². The van der Waals surface area contributed by atoms with Gasteiger partial charge in [0, 0.05) is 17.0 Å². The Balaban J connectivity index is 1.67. The second-order valence-corrected chi connectivity index (χ2v) is 5.50. The van der Waals surface area contributed by atoms with E-state index in [9.17, 15) is 9.59 Å². The molecule has 0 fully saturated rings. The van der Waals surface area contributed by atoms with Crippen molar-refractivity contribution in [3.05, 3.63) is 58.6 Å². The van der Waals surface area contributed by atoms with Crippen LogP contribution < -0.4 is 9.47 Å². The molecule has 0 saturated carbocycles. The van der Waals surface area contributed by atoms with E-state index in [0.29, 0.717) is 28.5 Å². The molecule has 0 aliphatic carbocycles. The fourth-order valence-corrected chi connectivity index (χ4v) is 2.48. The molecule has 4 nitrogen and oxygen atoms in total. The van der Waals surface area contributed by atoms with Crippen LogP contribution in [-0.4, -0.2) is 17.9 Å². The Bertz CT molecular complexity index is 737. The van der Waals surface area contributed by atoms with Gasteiger partial charge in [-0.2, -0.15) is 0 Å². The molecule has 2 aromatic rings. The monoisotopic (exact) mass is 316 g/mol. The third kappa shape index (κ3) is 2.97. The molecule has 0 saturated heterocycles. The highest BCUT2D eigenvalue weighted by molar-refractivity contribution is 6.30. The van der Waals surface area contributed by atoms with Gasteiger partial charge in [0.25, 0.3) is 0 Å². The lowest BCUT2D eigenvalue weighted by Gasteiger charge is -2.10. The number of hydrogen-bond acceptors (Lipinski definition) is 4. The van der Waals surface area contributed by atoms with Crippen molar-refractivity contribution in [2.45, 2.75) is 19.4 Å². The van der Waals surface area contributed by atoms with Crippen LogP contribution in [0.4, 0.5) is 0 Å². The predicted octanol–water partition coefficient (Wildman–Crippen LogP) is 3.45. The highest BCUT2D eigenvalue weighted by Gasteiger charge is 2.30. The minimum Gasteiger partial charge on any atom is -0.478 e. The van der Waals surface area contributed by atoms with Gasteiger partial charge in [0.2, 0.25) is 0 Å². The molecular formula is C17H13ClO4. The van der Waals surface area contributed by atoms with E-state index >= 15 is 0 Å². The SMILES string of the molecule is CC(=O)c1ccc(OC(=O)[C@H]2Cc3cc(Cl)ccc3O2)cc1. The molecule has 1 aliphatic rings. The molecule has 1 atom stereocenters. The molecule has 22 heavy (non-hydrogen) atoms. The van der Waals surface area contributed by atoms with Gasteiger partial charge in [0.1, 0.15) is 11.5 Å². The Hall–Kier alpha value is -2.33. The molecule has 0 amide bonds. The van der Waals surface area contributed by atoms with Crippen LogP contribution in [0.2, 0.25) is 5.02 Å². The smallest absolute Gasteiger partial charge is 0.353 e. The van der Waals surface area contributed by atoms with E-state index in [1.807, 2.05) is 0 Å². The zero-order valence-electron chi connectivity index (χ0n) is 11.8. The summed E-state index contributed by atoms with van der Waals surface area (Å²) in [5.41, 5.74) is 1.46. The molecule has 0 bridgehead atoms. The van der Waals surface area contributed by atoms with Crippen LogP contribution in [0.15, 0.2) is 42.5 Å². The van der Waals surface area contributed by atoms with Crippen molar-refractivity contribution in [3.8, 4) is 11.5 Å². The number of ketones is 1. The largest absolute Gasteiger partial charge is 0.478 e.